The van der Waals surface area contributed by atoms with Crippen LogP contribution in [0, 0.1) is 0 Å². The molecule has 1 saturated carbocycles. The molecule has 0 unspecified atom stereocenters. The minimum atomic E-state index is 0.108. The molecule has 0 saturated heterocycles. The Morgan fingerprint density at radius 1 is 1.25 bits per heavy atom. The smallest absolute Gasteiger partial charge is 0.221 e. The van der Waals surface area contributed by atoms with Crippen molar-refractivity contribution in [1.82, 2.24) is 15.3 Å². The molecule has 0 aliphatic heterocycles. The highest BCUT2D eigenvalue weighted by Crippen LogP contribution is 2.18. The van der Waals surface area contributed by atoms with Crippen LogP contribution in [0.15, 0.2) is 6.07 Å². The molecular weight excluding hydrogens is 254 g/mol. The van der Waals surface area contributed by atoms with Gasteiger partial charge < -0.3 is 16.0 Å². The molecule has 20 heavy (non-hydrogen) atoms. The van der Waals surface area contributed by atoms with Gasteiger partial charge in [-0.05, 0) is 19.8 Å². The molecular formula is C14H23N5O. The van der Waals surface area contributed by atoms with Gasteiger partial charge in [-0.3, -0.25) is 4.79 Å². The number of nitrogens with zero attached hydrogens (tertiary/aromatic N) is 2. The van der Waals surface area contributed by atoms with Crippen LogP contribution in [-0.4, -0.2) is 35.0 Å². The van der Waals surface area contributed by atoms with E-state index in [1.54, 1.807) is 0 Å². The quantitative estimate of drug-likeness (QED) is 0.672. The molecule has 1 heterocycles. The van der Waals surface area contributed by atoms with Crippen LogP contribution in [0.5, 0.6) is 0 Å². The largest absolute Gasteiger partial charge is 0.370 e. The van der Waals surface area contributed by atoms with Crippen LogP contribution < -0.4 is 16.0 Å². The van der Waals surface area contributed by atoms with E-state index < -0.39 is 0 Å². The number of amides is 1. The van der Waals surface area contributed by atoms with Crippen LogP contribution in [0.2, 0.25) is 0 Å². The molecule has 1 aromatic rings. The molecule has 1 aromatic heterocycles. The van der Waals surface area contributed by atoms with Crippen molar-refractivity contribution >= 4 is 17.5 Å². The first kappa shape index (κ1) is 14.6. The predicted octanol–water partition coefficient (Wildman–Crippen LogP) is 1.55. The molecule has 1 aliphatic carbocycles. The van der Waals surface area contributed by atoms with E-state index in [0.717, 1.165) is 43.3 Å². The van der Waals surface area contributed by atoms with Gasteiger partial charge in [-0.15, -0.1) is 0 Å². The number of hydrogen-bond acceptors (Lipinski definition) is 5. The van der Waals surface area contributed by atoms with Gasteiger partial charge in [-0.1, -0.05) is 6.92 Å². The normalized spacial score (nSPS) is 13.9. The Labute approximate surface area is 119 Å². The topological polar surface area (TPSA) is 78.9 Å². The Kier molecular flexibility index (Phi) is 5.15. The summed E-state index contributed by atoms with van der Waals surface area (Å²) < 4.78 is 0. The lowest BCUT2D eigenvalue weighted by Crippen LogP contribution is -2.27. The fraction of sp³-hybridized carbons (Fsp3) is 0.643. The third-order valence-electron chi connectivity index (χ3n) is 3.05. The lowest BCUT2D eigenvalue weighted by molar-refractivity contribution is -0.120. The highest BCUT2D eigenvalue weighted by atomic mass is 16.1. The van der Waals surface area contributed by atoms with Crippen molar-refractivity contribution in [1.29, 1.82) is 0 Å². The Balaban J connectivity index is 1.83. The molecule has 6 nitrogen and oxygen atoms in total. The van der Waals surface area contributed by atoms with Crippen molar-refractivity contribution < 1.29 is 4.79 Å². The van der Waals surface area contributed by atoms with Gasteiger partial charge in [0.05, 0.1) is 0 Å². The standard InChI is InChI=1S/C14H23N5O/c1-3-11-18-12(15-4-2)9-13(19-11)16-8-7-14(20)17-10-5-6-10/h9-10H,3-8H2,1-2H3,(H,17,20)(H2,15,16,18,19). The van der Waals surface area contributed by atoms with Gasteiger partial charge in [-0.25, -0.2) is 9.97 Å². The van der Waals surface area contributed by atoms with E-state index in [1.807, 2.05) is 19.9 Å². The summed E-state index contributed by atoms with van der Waals surface area (Å²) in [6.07, 6.45) is 3.50. The van der Waals surface area contributed by atoms with Gasteiger partial charge in [-0.2, -0.15) is 0 Å². The van der Waals surface area contributed by atoms with Crippen LogP contribution >= 0.6 is 0 Å². The first-order valence-electron chi connectivity index (χ1n) is 7.36. The monoisotopic (exact) mass is 277 g/mol. The molecule has 110 valence electrons. The van der Waals surface area contributed by atoms with E-state index >= 15 is 0 Å². The summed E-state index contributed by atoms with van der Waals surface area (Å²) in [5, 5.41) is 9.35. The number of rotatable bonds is 8. The summed E-state index contributed by atoms with van der Waals surface area (Å²) in [6.45, 7) is 5.47. The van der Waals surface area contributed by atoms with Crippen LogP contribution in [-0.2, 0) is 11.2 Å². The summed E-state index contributed by atoms with van der Waals surface area (Å²) in [7, 11) is 0. The number of anilines is 2. The Bertz CT molecular complexity index is 459. The highest BCUT2D eigenvalue weighted by molar-refractivity contribution is 5.77. The van der Waals surface area contributed by atoms with Gasteiger partial charge >= 0.3 is 0 Å². The van der Waals surface area contributed by atoms with E-state index in [-0.39, 0.29) is 5.91 Å². The SMILES string of the molecule is CCNc1cc(NCCC(=O)NC2CC2)nc(CC)n1. The summed E-state index contributed by atoms with van der Waals surface area (Å²) >= 11 is 0. The van der Waals surface area contributed by atoms with E-state index in [4.69, 9.17) is 0 Å². The second-order valence-electron chi connectivity index (χ2n) is 4.96. The molecule has 1 fully saturated rings. The Morgan fingerprint density at radius 3 is 2.55 bits per heavy atom. The summed E-state index contributed by atoms with van der Waals surface area (Å²) in [4.78, 5) is 20.4. The van der Waals surface area contributed by atoms with Crippen molar-refractivity contribution in [3.8, 4) is 0 Å². The fourth-order valence-electron chi connectivity index (χ4n) is 1.85. The maximum Gasteiger partial charge on any atom is 0.221 e. The first-order valence-corrected chi connectivity index (χ1v) is 7.36. The second-order valence-corrected chi connectivity index (χ2v) is 4.96. The number of carbonyl (C=O) groups excluding carboxylic acids is 1. The molecule has 0 atom stereocenters. The van der Waals surface area contributed by atoms with E-state index in [0.29, 0.717) is 19.0 Å². The van der Waals surface area contributed by atoms with Gasteiger partial charge in [0.2, 0.25) is 5.91 Å². The summed E-state index contributed by atoms with van der Waals surface area (Å²) in [5.74, 6) is 2.50. The number of aromatic nitrogens is 2. The van der Waals surface area contributed by atoms with Crippen molar-refractivity contribution in [2.24, 2.45) is 0 Å². The van der Waals surface area contributed by atoms with Crippen LogP contribution in [0.3, 0.4) is 0 Å². The van der Waals surface area contributed by atoms with Gasteiger partial charge in [0.15, 0.2) is 0 Å². The predicted molar refractivity (Wildman–Crippen MR) is 79.8 cm³/mol. The maximum absolute atomic E-state index is 11.6. The average molecular weight is 277 g/mol. The number of nitrogens with one attached hydrogen (secondary N) is 3. The molecule has 0 spiro atoms. The van der Waals surface area contributed by atoms with Gasteiger partial charge in [0.1, 0.15) is 17.5 Å². The molecule has 1 aliphatic rings. The zero-order valence-electron chi connectivity index (χ0n) is 12.2. The summed E-state index contributed by atoms with van der Waals surface area (Å²) in [6, 6.07) is 2.30. The van der Waals surface area contributed by atoms with E-state index in [1.165, 1.54) is 0 Å². The number of hydrogen-bond donors (Lipinski definition) is 3. The number of carbonyl (C=O) groups is 1. The Hall–Kier alpha value is -1.85. The van der Waals surface area contributed by atoms with E-state index in [2.05, 4.69) is 25.9 Å². The molecule has 1 amide bonds. The third-order valence-corrected chi connectivity index (χ3v) is 3.05. The zero-order chi connectivity index (χ0) is 14.4. The molecule has 3 N–H and O–H groups in total. The highest BCUT2D eigenvalue weighted by Gasteiger charge is 2.22. The lowest BCUT2D eigenvalue weighted by Gasteiger charge is -2.10. The third kappa shape index (κ3) is 4.68. The lowest BCUT2D eigenvalue weighted by atomic mass is 10.3. The minimum absolute atomic E-state index is 0.108. The van der Waals surface area contributed by atoms with Crippen molar-refractivity contribution in [2.75, 3.05) is 23.7 Å². The average Bonchev–Trinajstić information content (AvgIpc) is 3.22. The van der Waals surface area contributed by atoms with Gasteiger partial charge in [0, 0.05) is 38.0 Å². The van der Waals surface area contributed by atoms with Crippen LogP contribution in [0.1, 0.15) is 38.9 Å². The first-order chi connectivity index (χ1) is 9.71. The summed E-state index contributed by atoms with van der Waals surface area (Å²) in [5.41, 5.74) is 0. The molecule has 2 rings (SSSR count). The zero-order valence-corrected chi connectivity index (χ0v) is 12.2. The van der Waals surface area contributed by atoms with E-state index in [9.17, 15) is 4.79 Å². The van der Waals surface area contributed by atoms with Gasteiger partial charge in [0.25, 0.3) is 0 Å². The van der Waals surface area contributed by atoms with Crippen LogP contribution in [0.4, 0.5) is 11.6 Å². The fourth-order valence-corrected chi connectivity index (χ4v) is 1.85. The second kappa shape index (κ2) is 7.07. The molecule has 6 heteroatoms. The molecule has 0 bridgehead atoms. The van der Waals surface area contributed by atoms with Crippen molar-refractivity contribution in [2.45, 2.75) is 45.6 Å². The molecule has 0 aromatic carbocycles. The minimum Gasteiger partial charge on any atom is -0.370 e. The molecule has 0 radical (unpaired) electrons. The van der Waals surface area contributed by atoms with Crippen molar-refractivity contribution in [3.63, 3.8) is 0 Å². The maximum atomic E-state index is 11.6. The Morgan fingerprint density at radius 2 is 1.95 bits per heavy atom. The number of aryl methyl sites for hydroxylation is 1. The van der Waals surface area contributed by atoms with Crippen molar-refractivity contribution in [3.05, 3.63) is 11.9 Å². The van der Waals surface area contributed by atoms with Crippen LogP contribution in [0.25, 0.3) is 0 Å².